The van der Waals surface area contributed by atoms with Gasteiger partial charge in [-0.15, -0.1) is 0 Å². The van der Waals surface area contributed by atoms with Crippen molar-refractivity contribution in [3.8, 4) is 0 Å². The van der Waals surface area contributed by atoms with E-state index in [2.05, 4.69) is 0 Å². The van der Waals surface area contributed by atoms with Crippen LogP contribution in [0.3, 0.4) is 0 Å². The molecule has 2 saturated heterocycles. The molecule has 2 fully saturated rings. The van der Waals surface area contributed by atoms with Crippen molar-refractivity contribution < 1.29 is 24.2 Å². The number of nitrogens with zero attached hydrogens (tertiary/aromatic N) is 1. The molecule has 0 aliphatic carbocycles. The highest BCUT2D eigenvalue weighted by molar-refractivity contribution is 5.84. The second kappa shape index (κ2) is 6.15. The molecule has 0 aromatic heterocycles. The summed E-state index contributed by atoms with van der Waals surface area (Å²) in [5, 5.41) is 8.98. The van der Waals surface area contributed by atoms with Gasteiger partial charge >= 0.3 is 5.97 Å². The van der Waals surface area contributed by atoms with Gasteiger partial charge in [0.25, 0.3) is 0 Å². The number of carboxylic acids is 1. The van der Waals surface area contributed by atoms with Crippen LogP contribution in [0, 0.1) is 0 Å². The predicted molar refractivity (Wildman–Crippen MR) is 62.2 cm³/mol. The van der Waals surface area contributed by atoms with Gasteiger partial charge in [-0.1, -0.05) is 0 Å². The summed E-state index contributed by atoms with van der Waals surface area (Å²) in [6.45, 7) is 1.63. The van der Waals surface area contributed by atoms with Crippen molar-refractivity contribution in [2.75, 3.05) is 26.4 Å². The normalized spacial score (nSPS) is 27.7. The van der Waals surface area contributed by atoms with Crippen LogP contribution >= 0.6 is 0 Å². The Kier molecular flexibility index (Phi) is 4.54. The van der Waals surface area contributed by atoms with Gasteiger partial charge in [0.2, 0.25) is 5.91 Å². The number of hydrogen-bond donors (Lipinski definition) is 1. The molecule has 1 N–H and O–H groups in total. The number of rotatable bonds is 5. The Bertz CT molecular complexity index is 314. The summed E-state index contributed by atoms with van der Waals surface area (Å²) in [5.41, 5.74) is 0. The molecule has 1 amide bonds. The minimum absolute atomic E-state index is 0.0519. The number of carboxylic acid groups (broad SMARTS) is 1. The van der Waals surface area contributed by atoms with Gasteiger partial charge in [-0.3, -0.25) is 4.79 Å². The maximum absolute atomic E-state index is 11.8. The van der Waals surface area contributed by atoms with E-state index in [1.807, 2.05) is 0 Å². The van der Waals surface area contributed by atoms with Crippen LogP contribution in [0.4, 0.5) is 0 Å². The highest BCUT2D eigenvalue weighted by atomic mass is 16.5. The Labute approximate surface area is 106 Å². The van der Waals surface area contributed by atoms with Gasteiger partial charge in [0.15, 0.2) is 0 Å². The summed E-state index contributed by atoms with van der Waals surface area (Å²) < 4.78 is 10.7. The van der Waals surface area contributed by atoms with Crippen molar-refractivity contribution >= 4 is 11.9 Å². The molecule has 2 aliphatic heterocycles. The lowest BCUT2D eigenvalue weighted by atomic mass is 10.2. The number of amides is 1. The van der Waals surface area contributed by atoms with Crippen LogP contribution in [-0.2, 0) is 19.1 Å². The van der Waals surface area contributed by atoms with Crippen LogP contribution in [0.15, 0.2) is 0 Å². The van der Waals surface area contributed by atoms with Gasteiger partial charge in [-0.25, -0.2) is 4.79 Å². The zero-order chi connectivity index (χ0) is 13.0. The molecule has 0 unspecified atom stereocenters. The smallest absolute Gasteiger partial charge is 0.326 e. The van der Waals surface area contributed by atoms with Crippen molar-refractivity contribution in [2.24, 2.45) is 0 Å². The quantitative estimate of drug-likeness (QED) is 0.764. The van der Waals surface area contributed by atoms with E-state index in [0.717, 1.165) is 25.9 Å². The topological polar surface area (TPSA) is 76.1 Å². The molecule has 6 nitrogen and oxygen atoms in total. The lowest BCUT2D eigenvalue weighted by molar-refractivity contribution is -0.150. The van der Waals surface area contributed by atoms with E-state index >= 15 is 0 Å². The predicted octanol–water partition coefficient (Wildman–Crippen LogP) is 0.258. The van der Waals surface area contributed by atoms with Gasteiger partial charge in [0, 0.05) is 13.2 Å². The third-order valence-corrected chi connectivity index (χ3v) is 3.41. The Hall–Kier alpha value is -1.14. The summed E-state index contributed by atoms with van der Waals surface area (Å²) in [4.78, 5) is 24.2. The lowest BCUT2D eigenvalue weighted by Crippen LogP contribution is -2.42. The molecule has 2 aliphatic rings. The number of ether oxygens (including phenoxy) is 2. The van der Waals surface area contributed by atoms with Crippen LogP contribution < -0.4 is 0 Å². The Morgan fingerprint density at radius 1 is 1.33 bits per heavy atom. The van der Waals surface area contributed by atoms with E-state index in [-0.39, 0.29) is 18.6 Å². The first kappa shape index (κ1) is 13.3. The molecule has 2 rings (SSSR count). The first-order valence-corrected chi connectivity index (χ1v) is 6.40. The highest BCUT2D eigenvalue weighted by Gasteiger charge is 2.33. The van der Waals surface area contributed by atoms with Crippen LogP contribution in [0.5, 0.6) is 0 Å². The molecular formula is C12H19NO5. The first-order valence-electron chi connectivity index (χ1n) is 6.40. The zero-order valence-corrected chi connectivity index (χ0v) is 10.3. The fraction of sp³-hybridized carbons (Fsp3) is 0.833. The van der Waals surface area contributed by atoms with E-state index in [1.165, 1.54) is 4.90 Å². The number of carbonyl (C=O) groups is 2. The maximum atomic E-state index is 11.8. The minimum Gasteiger partial charge on any atom is -0.480 e. The summed E-state index contributed by atoms with van der Waals surface area (Å²) >= 11 is 0. The molecular weight excluding hydrogens is 238 g/mol. The molecule has 0 spiro atoms. The van der Waals surface area contributed by atoms with Crippen molar-refractivity contribution in [1.29, 1.82) is 0 Å². The average molecular weight is 257 g/mol. The average Bonchev–Trinajstić information content (AvgIpc) is 2.99. The minimum atomic E-state index is -0.931. The van der Waals surface area contributed by atoms with Gasteiger partial charge < -0.3 is 19.5 Å². The van der Waals surface area contributed by atoms with Crippen LogP contribution in [0.2, 0.25) is 0 Å². The molecule has 6 heteroatoms. The molecule has 2 heterocycles. The Morgan fingerprint density at radius 3 is 2.83 bits per heavy atom. The fourth-order valence-electron chi connectivity index (χ4n) is 2.46. The molecule has 18 heavy (non-hydrogen) atoms. The number of aliphatic carboxylic acids is 1. The van der Waals surface area contributed by atoms with E-state index in [4.69, 9.17) is 14.6 Å². The van der Waals surface area contributed by atoms with Crippen LogP contribution in [0.1, 0.15) is 25.7 Å². The Balaban J connectivity index is 1.71. The summed E-state index contributed by atoms with van der Waals surface area (Å²) in [5.74, 6) is -1.17. The summed E-state index contributed by atoms with van der Waals surface area (Å²) in [7, 11) is 0. The molecule has 0 bridgehead atoms. The largest absolute Gasteiger partial charge is 0.480 e. The second-order valence-corrected chi connectivity index (χ2v) is 4.73. The van der Waals surface area contributed by atoms with Crippen LogP contribution in [-0.4, -0.2) is 60.4 Å². The Morgan fingerprint density at radius 2 is 2.17 bits per heavy atom. The molecule has 0 aromatic rings. The molecule has 2 atom stereocenters. The lowest BCUT2D eigenvalue weighted by Gasteiger charge is -2.21. The third-order valence-electron chi connectivity index (χ3n) is 3.41. The maximum Gasteiger partial charge on any atom is 0.326 e. The van der Waals surface area contributed by atoms with Crippen molar-refractivity contribution in [3.63, 3.8) is 0 Å². The number of likely N-dealkylation sites (tertiary alicyclic amines) is 1. The first-order chi connectivity index (χ1) is 8.68. The zero-order valence-electron chi connectivity index (χ0n) is 10.3. The second-order valence-electron chi connectivity index (χ2n) is 4.73. The van der Waals surface area contributed by atoms with Crippen molar-refractivity contribution in [2.45, 2.75) is 37.8 Å². The van der Waals surface area contributed by atoms with E-state index in [0.29, 0.717) is 19.6 Å². The van der Waals surface area contributed by atoms with Gasteiger partial charge in [0.1, 0.15) is 12.6 Å². The summed E-state index contributed by atoms with van der Waals surface area (Å²) in [6.07, 6.45) is 3.37. The third kappa shape index (κ3) is 3.20. The molecule has 0 aromatic carbocycles. The monoisotopic (exact) mass is 257 g/mol. The summed E-state index contributed by atoms with van der Waals surface area (Å²) in [6, 6.07) is -0.677. The molecule has 0 saturated carbocycles. The number of carbonyl (C=O) groups excluding carboxylic acids is 1. The standard InChI is InChI=1S/C12H19NO5/c14-11(8-17-7-9-3-2-6-18-9)13-5-1-4-10(13)12(15)16/h9-10H,1-8H2,(H,15,16)/t9-,10+/m1/s1. The van der Waals surface area contributed by atoms with Crippen molar-refractivity contribution in [3.05, 3.63) is 0 Å². The van der Waals surface area contributed by atoms with E-state index < -0.39 is 12.0 Å². The molecule has 0 radical (unpaired) electrons. The molecule has 102 valence electrons. The van der Waals surface area contributed by atoms with Gasteiger partial charge in [-0.2, -0.15) is 0 Å². The van der Waals surface area contributed by atoms with E-state index in [1.54, 1.807) is 0 Å². The van der Waals surface area contributed by atoms with Crippen LogP contribution in [0.25, 0.3) is 0 Å². The highest BCUT2D eigenvalue weighted by Crippen LogP contribution is 2.18. The van der Waals surface area contributed by atoms with E-state index in [9.17, 15) is 9.59 Å². The van der Waals surface area contributed by atoms with Gasteiger partial charge in [0.05, 0.1) is 12.7 Å². The van der Waals surface area contributed by atoms with Crippen molar-refractivity contribution in [1.82, 2.24) is 4.90 Å². The number of hydrogen-bond acceptors (Lipinski definition) is 4. The fourth-order valence-corrected chi connectivity index (χ4v) is 2.46. The SMILES string of the molecule is O=C(O)[C@@H]1CCCN1C(=O)COC[C@H]1CCCO1. The van der Waals surface area contributed by atoms with Gasteiger partial charge in [-0.05, 0) is 25.7 Å².